The molecule has 3 atom stereocenters. The lowest BCUT2D eigenvalue weighted by molar-refractivity contribution is -0.141. The van der Waals surface area contributed by atoms with Gasteiger partial charge in [0.15, 0.2) is 21.9 Å². The lowest BCUT2D eigenvalue weighted by atomic mass is 9.90. The molecule has 0 bridgehead atoms. The molecule has 1 aliphatic carbocycles. The average molecular weight is 998 g/mol. The number of amides is 1. The van der Waals surface area contributed by atoms with Gasteiger partial charge in [-0.05, 0) is 97.6 Å². The van der Waals surface area contributed by atoms with Crippen LogP contribution in [0, 0.1) is 5.92 Å². The summed E-state index contributed by atoms with van der Waals surface area (Å²) in [5, 5.41) is 53.3. The number of aromatic hydroxyl groups is 1. The number of ketones is 2. The fourth-order valence-corrected chi connectivity index (χ4v) is 8.03. The van der Waals surface area contributed by atoms with Crippen LogP contribution >= 0.6 is 24.4 Å². The van der Waals surface area contributed by atoms with E-state index in [1.165, 1.54) is 30.3 Å². The molecule has 21 heteroatoms. The van der Waals surface area contributed by atoms with Crippen molar-refractivity contribution in [1.82, 2.24) is 21.3 Å². The minimum atomic E-state index is -1.30. The van der Waals surface area contributed by atoms with E-state index < -0.39 is 36.1 Å². The van der Waals surface area contributed by atoms with Gasteiger partial charge in [0.25, 0.3) is 6.47 Å². The Morgan fingerprint density at radius 2 is 1.46 bits per heavy atom. The predicted molar refractivity (Wildman–Crippen MR) is 264 cm³/mol. The lowest BCUT2D eigenvalue weighted by Gasteiger charge is -2.21. The van der Waals surface area contributed by atoms with Gasteiger partial charge in [-0.2, -0.15) is 0 Å². The Balaban J connectivity index is 1.09. The van der Waals surface area contributed by atoms with E-state index in [-0.39, 0.29) is 127 Å². The minimum Gasteiger partial charge on any atom is -0.508 e. The number of hydrogen-bond donors (Lipinski definition) is 9. The second-order valence-corrected chi connectivity index (χ2v) is 16.9. The number of carbonyl (C=O) groups excluding carboxylic acids is 4. The number of carboxylic acid groups (broad SMARTS) is 3. The second-order valence-electron chi connectivity index (χ2n) is 16.1. The maximum atomic E-state index is 13.4. The Hall–Kier alpha value is -7.78. The van der Waals surface area contributed by atoms with Gasteiger partial charge in [0.1, 0.15) is 34.7 Å². The van der Waals surface area contributed by atoms with Crippen molar-refractivity contribution < 1.29 is 63.1 Å². The summed E-state index contributed by atoms with van der Waals surface area (Å²) in [6.45, 7) is 0.509. The Morgan fingerprint density at radius 1 is 0.743 bits per heavy atom. The van der Waals surface area contributed by atoms with Crippen molar-refractivity contribution in [2.24, 2.45) is 5.92 Å². The summed E-state index contributed by atoms with van der Waals surface area (Å²) in [6.07, 6.45) is -0.829. The van der Waals surface area contributed by atoms with Gasteiger partial charge in [0.05, 0.1) is 12.0 Å². The lowest BCUT2D eigenvalue weighted by Crippen LogP contribution is -2.49. The van der Waals surface area contributed by atoms with E-state index in [9.17, 15) is 53.7 Å². The van der Waals surface area contributed by atoms with Crippen molar-refractivity contribution in [3.63, 3.8) is 0 Å². The van der Waals surface area contributed by atoms with Crippen LogP contribution in [0.3, 0.4) is 0 Å². The molecule has 0 unspecified atom stereocenters. The molecule has 1 aliphatic heterocycles. The third-order valence-electron chi connectivity index (χ3n) is 10.9. The summed E-state index contributed by atoms with van der Waals surface area (Å²) in [5.41, 5.74) is 2.42. The number of carboxylic acids is 3. The SMILES string of the molecule is O=CO[C@H](CCC(=O)O)NC(=S)N[C@@H](CCC(=O)CCCNC(=O)[C@@H](CC(=O)CCCNC(=S)Nc1ccc(-c2c3ccc(=O)cc-3oc3cc(O)ccc23)c(C(=O)O)c1)Cc1ccccc1)C(=O)O. The van der Waals surface area contributed by atoms with Crippen LogP contribution in [0.2, 0.25) is 0 Å². The first-order valence-electron chi connectivity index (χ1n) is 22.1. The summed E-state index contributed by atoms with van der Waals surface area (Å²) in [4.78, 5) is 97.6. The summed E-state index contributed by atoms with van der Waals surface area (Å²) in [6, 6.07) is 21.2. The second kappa shape index (κ2) is 26.1. The molecular weight excluding hydrogens is 947 g/mol. The highest BCUT2D eigenvalue weighted by Gasteiger charge is 2.25. The van der Waals surface area contributed by atoms with Gasteiger partial charge in [0.2, 0.25) is 5.91 Å². The number of phenols is 1. The van der Waals surface area contributed by atoms with Gasteiger partial charge in [-0.1, -0.05) is 36.4 Å². The van der Waals surface area contributed by atoms with Crippen LogP contribution in [0.1, 0.15) is 73.7 Å². The van der Waals surface area contributed by atoms with Crippen LogP contribution in [-0.2, 0) is 39.9 Å². The molecule has 0 aromatic heterocycles. The van der Waals surface area contributed by atoms with Crippen LogP contribution in [0.15, 0.2) is 94.1 Å². The maximum Gasteiger partial charge on any atom is 0.336 e. The van der Waals surface area contributed by atoms with Gasteiger partial charge in [-0.15, -0.1) is 0 Å². The van der Waals surface area contributed by atoms with Crippen LogP contribution < -0.4 is 32.0 Å². The monoisotopic (exact) mass is 997 g/mol. The molecule has 0 saturated carbocycles. The Labute approximate surface area is 411 Å². The summed E-state index contributed by atoms with van der Waals surface area (Å²) in [7, 11) is 0. The summed E-state index contributed by atoms with van der Waals surface area (Å²) >= 11 is 10.6. The van der Waals surface area contributed by atoms with E-state index in [0.29, 0.717) is 40.6 Å². The topological polar surface area (TPSA) is 300 Å². The maximum absolute atomic E-state index is 13.4. The number of rotatable bonds is 27. The zero-order chi connectivity index (χ0) is 50.7. The molecule has 3 aromatic rings. The van der Waals surface area contributed by atoms with E-state index in [1.807, 2.05) is 30.3 Å². The number of benzene rings is 4. The number of hydrogen-bond acceptors (Lipinski definition) is 13. The van der Waals surface area contributed by atoms with E-state index >= 15 is 0 Å². The normalized spacial score (nSPS) is 12.2. The van der Waals surface area contributed by atoms with Crippen molar-refractivity contribution >= 4 is 93.2 Å². The van der Waals surface area contributed by atoms with Gasteiger partial charge in [-0.3, -0.25) is 28.8 Å². The van der Waals surface area contributed by atoms with Crippen molar-refractivity contribution in [1.29, 1.82) is 0 Å². The third kappa shape index (κ3) is 16.2. The summed E-state index contributed by atoms with van der Waals surface area (Å²) in [5.74, 6) is -5.01. The number of carbonyl (C=O) groups is 7. The number of ether oxygens (including phenoxy) is 1. The number of thiocarbonyl (C=S) groups is 2. The highest BCUT2D eigenvalue weighted by atomic mass is 32.1. The quantitative estimate of drug-likeness (QED) is 0.0105. The van der Waals surface area contributed by atoms with Gasteiger partial charge < -0.3 is 56.2 Å². The molecule has 0 spiro atoms. The van der Waals surface area contributed by atoms with Crippen molar-refractivity contribution in [3.8, 4) is 28.2 Å². The molecule has 1 heterocycles. The molecule has 70 heavy (non-hydrogen) atoms. The van der Waals surface area contributed by atoms with E-state index in [4.69, 9.17) is 38.7 Å². The Bertz CT molecular complexity index is 2770. The van der Waals surface area contributed by atoms with Crippen LogP contribution in [0.25, 0.3) is 33.4 Å². The molecule has 0 saturated heterocycles. The standard InChI is InChI=1S/C49H51N5O14S2/c55-27-67-42(18-19-43(60)61)54-49(70)53-39(47(65)66)17-13-31(56)8-4-20-50-45(62)29(22-28-6-2-1-3-7-28)23-32(57)9-5-21-51-48(69)52-30-10-14-35(38(24-30)46(63)64)44-36-15-11-33(58)25-40(36)68-41-26-34(59)12-16-37(41)44/h1-3,6-7,10-12,14-16,24-27,29,39,42,58H,4-5,8-9,13,17-23H2,(H,50,62)(H,60,61)(H,63,64)(H,65,66)(H2,51,52,69)(H2,53,54,70)/t29-,39+,42-/m1/s1. The van der Waals surface area contributed by atoms with Crippen LogP contribution in [0.5, 0.6) is 5.75 Å². The first-order valence-corrected chi connectivity index (χ1v) is 22.9. The van der Waals surface area contributed by atoms with E-state index in [0.717, 1.165) is 5.56 Å². The number of aliphatic carboxylic acids is 2. The zero-order valence-corrected chi connectivity index (χ0v) is 39.2. The third-order valence-corrected chi connectivity index (χ3v) is 11.4. The first kappa shape index (κ1) is 53.2. The number of Topliss-reactive ketones (excluding diaryl/α,β-unsaturated/α-hetero) is 2. The molecular formula is C49H51N5O14S2. The number of anilines is 1. The summed E-state index contributed by atoms with van der Waals surface area (Å²) < 4.78 is 10.7. The number of fused-ring (bicyclic) bond motifs is 2. The number of nitrogens with one attached hydrogen (secondary N) is 5. The molecule has 368 valence electrons. The first-order chi connectivity index (χ1) is 33.5. The molecule has 0 fully saturated rings. The average Bonchev–Trinajstić information content (AvgIpc) is 3.31. The smallest absolute Gasteiger partial charge is 0.336 e. The fourth-order valence-electron chi connectivity index (χ4n) is 7.53. The fraction of sp³-hybridized carbons (Fsp3) is 0.306. The Kier molecular flexibility index (Phi) is 19.8. The zero-order valence-electron chi connectivity index (χ0n) is 37.6. The highest BCUT2D eigenvalue weighted by Crippen LogP contribution is 2.42. The van der Waals surface area contributed by atoms with E-state index in [1.54, 1.807) is 24.3 Å². The molecule has 2 aliphatic rings. The predicted octanol–water partition coefficient (Wildman–Crippen LogP) is 5.38. The van der Waals surface area contributed by atoms with Crippen LogP contribution in [0.4, 0.5) is 5.69 Å². The van der Waals surface area contributed by atoms with Crippen molar-refractivity contribution in [2.75, 3.05) is 18.4 Å². The van der Waals surface area contributed by atoms with Crippen molar-refractivity contribution in [2.45, 2.75) is 76.5 Å². The molecule has 1 amide bonds. The van der Waals surface area contributed by atoms with Crippen LogP contribution in [-0.4, -0.2) is 97.9 Å². The molecule has 5 rings (SSSR count). The molecule has 9 N–H and O–H groups in total. The molecule has 0 radical (unpaired) electrons. The van der Waals surface area contributed by atoms with Gasteiger partial charge in [0, 0.05) is 85.4 Å². The van der Waals surface area contributed by atoms with Gasteiger partial charge in [-0.25, -0.2) is 9.59 Å². The minimum absolute atomic E-state index is 0.0367. The highest BCUT2D eigenvalue weighted by molar-refractivity contribution is 7.80. The number of phenolic OH excluding ortho intramolecular Hbond substituents is 1. The molecule has 3 aromatic carbocycles. The Morgan fingerprint density at radius 3 is 2.16 bits per heavy atom. The van der Waals surface area contributed by atoms with E-state index in [2.05, 4.69) is 26.6 Å². The van der Waals surface area contributed by atoms with Gasteiger partial charge >= 0.3 is 17.9 Å². The largest absolute Gasteiger partial charge is 0.508 e. The number of aromatic carboxylic acids is 1. The van der Waals surface area contributed by atoms with Crippen molar-refractivity contribution in [3.05, 3.63) is 106 Å². The molecule has 19 nitrogen and oxygen atoms in total.